The number of aromatic nitrogens is 6. The Morgan fingerprint density at radius 3 is 2.57 bits per heavy atom. The first kappa shape index (κ1) is 14.7. The minimum Gasteiger partial charge on any atom is -0.496 e. The van der Waals surface area contributed by atoms with Crippen molar-refractivity contribution in [1.82, 2.24) is 29.8 Å². The topological polar surface area (TPSA) is 97.0 Å². The molecule has 0 saturated carbocycles. The largest absolute Gasteiger partial charge is 0.496 e. The summed E-state index contributed by atoms with van der Waals surface area (Å²) in [6.45, 7) is 0.117. The van der Waals surface area contributed by atoms with Gasteiger partial charge in [-0.15, -0.1) is 0 Å². The van der Waals surface area contributed by atoms with Gasteiger partial charge in [0, 0.05) is 19.4 Å². The molecule has 0 fully saturated rings. The van der Waals surface area contributed by atoms with Crippen molar-refractivity contribution >= 4 is 0 Å². The monoisotopic (exact) mass is 314 g/mol. The van der Waals surface area contributed by atoms with Crippen LogP contribution in [0.4, 0.5) is 0 Å². The predicted molar refractivity (Wildman–Crippen MR) is 79.5 cm³/mol. The number of rotatable bonds is 5. The Kier molecular flexibility index (Phi) is 4.00. The molecule has 118 valence electrons. The maximum atomic E-state index is 12.1. The third kappa shape index (κ3) is 2.89. The van der Waals surface area contributed by atoms with Gasteiger partial charge in [-0.25, -0.2) is 14.8 Å². The van der Waals surface area contributed by atoms with Crippen LogP contribution in [0, 0.1) is 0 Å². The van der Waals surface area contributed by atoms with Crippen LogP contribution in [0.2, 0.25) is 0 Å². The van der Waals surface area contributed by atoms with Crippen molar-refractivity contribution in [3.8, 4) is 17.4 Å². The highest BCUT2D eigenvalue weighted by Gasteiger charge is 2.16. The van der Waals surface area contributed by atoms with E-state index >= 15 is 0 Å². The highest BCUT2D eigenvalue weighted by Crippen LogP contribution is 2.25. The third-order valence-corrected chi connectivity index (χ3v) is 3.17. The van der Waals surface area contributed by atoms with Gasteiger partial charge >= 0.3 is 11.7 Å². The number of tetrazole rings is 1. The molecular weight excluding hydrogens is 300 g/mol. The molecule has 0 aliphatic rings. The fraction of sp³-hybridized carbons (Fsp3) is 0.214. The smallest absolute Gasteiger partial charge is 0.368 e. The summed E-state index contributed by atoms with van der Waals surface area (Å²) in [6, 6.07) is 7.20. The molecule has 0 bridgehead atoms. The van der Waals surface area contributed by atoms with Gasteiger partial charge in [-0.1, -0.05) is 6.07 Å². The van der Waals surface area contributed by atoms with Crippen LogP contribution in [0.15, 0.2) is 41.5 Å². The first-order chi connectivity index (χ1) is 11.2. The first-order valence-corrected chi connectivity index (χ1v) is 6.76. The van der Waals surface area contributed by atoms with Gasteiger partial charge in [0.2, 0.25) is 0 Å². The van der Waals surface area contributed by atoms with Crippen LogP contribution in [-0.4, -0.2) is 36.9 Å². The quantitative estimate of drug-likeness (QED) is 0.670. The molecule has 0 spiro atoms. The van der Waals surface area contributed by atoms with Gasteiger partial charge in [-0.2, -0.15) is 9.36 Å². The minimum atomic E-state index is -0.365. The maximum absolute atomic E-state index is 12.1. The molecule has 1 aromatic carbocycles. The number of aryl methyl sites for hydroxylation is 1. The van der Waals surface area contributed by atoms with Crippen LogP contribution >= 0.6 is 0 Å². The summed E-state index contributed by atoms with van der Waals surface area (Å²) in [5.41, 5.74) is 0.805. The van der Waals surface area contributed by atoms with Gasteiger partial charge in [-0.05, 0) is 28.6 Å². The Morgan fingerprint density at radius 2 is 1.91 bits per heavy atom. The molecule has 0 atom stereocenters. The molecule has 0 saturated heterocycles. The maximum Gasteiger partial charge on any atom is 0.368 e. The average molecular weight is 314 g/mol. The summed E-state index contributed by atoms with van der Waals surface area (Å²) < 4.78 is 13.3. The third-order valence-electron chi connectivity index (χ3n) is 3.17. The second kappa shape index (κ2) is 6.26. The molecule has 3 rings (SSSR count). The standard InChI is InChI=1S/C14H14N6O3/c1-19-14(21)20(18-17-19)11-5-3-6-12(22-2)10(11)9-23-13-15-7-4-8-16-13/h3-8H,9H2,1-2H3. The lowest BCUT2D eigenvalue weighted by molar-refractivity contribution is 0.273. The zero-order valence-electron chi connectivity index (χ0n) is 12.6. The molecule has 9 heteroatoms. The number of methoxy groups -OCH3 is 1. The number of benzene rings is 1. The molecule has 0 N–H and O–H groups in total. The van der Waals surface area contributed by atoms with Crippen molar-refractivity contribution in [3.05, 3.63) is 52.7 Å². The summed E-state index contributed by atoms with van der Waals surface area (Å²) >= 11 is 0. The molecule has 0 aliphatic heterocycles. The zero-order valence-corrected chi connectivity index (χ0v) is 12.6. The van der Waals surface area contributed by atoms with Crippen molar-refractivity contribution in [1.29, 1.82) is 0 Å². The van der Waals surface area contributed by atoms with Gasteiger partial charge in [0.25, 0.3) is 0 Å². The van der Waals surface area contributed by atoms with E-state index in [2.05, 4.69) is 20.4 Å². The SMILES string of the molecule is COc1cccc(-n2nnn(C)c2=O)c1COc1ncccn1. The summed E-state index contributed by atoms with van der Waals surface area (Å²) in [5, 5.41) is 7.57. The van der Waals surface area contributed by atoms with Crippen LogP contribution in [0.3, 0.4) is 0 Å². The van der Waals surface area contributed by atoms with Crippen molar-refractivity contribution in [2.45, 2.75) is 6.61 Å². The van der Waals surface area contributed by atoms with Crippen molar-refractivity contribution in [2.24, 2.45) is 7.05 Å². The van der Waals surface area contributed by atoms with Gasteiger partial charge in [0.15, 0.2) is 0 Å². The van der Waals surface area contributed by atoms with E-state index in [0.29, 0.717) is 17.0 Å². The molecule has 0 unspecified atom stereocenters. The van der Waals surface area contributed by atoms with Crippen LogP contribution in [0.5, 0.6) is 11.8 Å². The minimum absolute atomic E-state index is 0.117. The lowest BCUT2D eigenvalue weighted by atomic mass is 10.1. The van der Waals surface area contributed by atoms with E-state index < -0.39 is 0 Å². The van der Waals surface area contributed by atoms with E-state index in [9.17, 15) is 4.79 Å². The van der Waals surface area contributed by atoms with Crippen LogP contribution in [0.25, 0.3) is 5.69 Å². The van der Waals surface area contributed by atoms with Gasteiger partial charge in [0.1, 0.15) is 12.4 Å². The van der Waals surface area contributed by atoms with Crippen molar-refractivity contribution < 1.29 is 9.47 Å². The summed E-state index contributed by atoms with van der Waals surface area (Å²) in [5.74, 6) is 0.566. The van der Waals surface area contributed by atoms with Gasteiger partial charge < -0.3 is 9.47 Å². The number of hydrogen-bond acceptors (Lipinski definition) is 7. The molecule has 0 aliphatic carbocycles. The van der Waals surface area contributed by atoms with Crippen LogP contribution in [-0.2, 0) is 13.7 Å². The molecule has 3 aromatic rings. The molecule has 2 aromatic heterocycles. The first-order valence-electron chi connectivity index (χ1n) is 6.76. The summed E-state index contributed by atoms with van der Waals surface area (Å²) in [4.78, 5) is 20.1. The summed E-state index contributed by atoms with van der Waals surface area (Å²) in [7, 11) is 3.07. The second-order valence-electron chi connectivity index (χ2n) is 4.57. The molecule has 0 amide bonds. The highest BCUT2D eigenvalue weighted by molar-refractivity contribution is 5.48. The fourth-order valence-corrected chi connectivity index (χ4v) is 2.05. The molecule has 2 heterocycles. The average Bonchev–Trinajstić information content (AvgIpc) is 2.92. The molecular formula is C14H14N6O3. The molecule has 0 radical (unpaired) electrons. The Bertz CT molecular complexity index is 858. The van der Waals surface area contributed by atoms with E-state index in [4.69, 9.17) is 9.47 Å². The van der Waals surface area contributed by atoms with Crippen LogP contribution in [0.1, 0.15) is 5.56 Å². The number of hydrogen-bond donors (Lipinski definition) is 0. The van der Waals surface area contributed by atoms with E-state index in [1.54, 1.807) is 43.8 Å². The fourth-order valence-electron chi connectivity index (χ4n) is 2.05. The molecule has 9 nitrogen and oxygen atoms in total. The molecule has 23 heavy (non-hydrogen) atoms. The Hall–Kier alpha value is -3.23. The normalized spacial score (nSPS) is 10.5. The van der Waals surface area contributed by atoms with Crippen molar-refractivity contribution in [2.75, 3.05) is 7.11 Å². The number of nitrogens with zero attached hydrogens (tertiary/aromatic N) is 6. The zero-order chi connectivity index (χ0) is 16.2. The second-order valence-corrected chi connectivity index (χ2v) is 4.57. The summed E-state index contributed by atoms with van der Waals surface area (Å²) in [6.07, 6.45) is 3.16. The lowest BCUT2D eigenvalue weighted by Gasteiger charge is -2.13. The van der Waals surface area contributed by atoms with E-state index in [1.807, 2.05) is 0 Å². The predicted octanol–water partition coefficient (Wildman–Crippen LogP) is 0.344. The van der Waals surface area contributed by atoms with E-state index in [-0.39, 0.29) is 18.3 Å². The highest BCUT2D eigenvalue weighted by atomic mass is 16.5. The van der Waals surface area contributed by atoms with Crippen molar-refractivity contribution in [3.63, 3.8) is 0 Å². The Morgan fingerprint density at radius 1 is 1.13 bits per heavy atom. The Labute approximate surface area is 131 Å². The number of ether oxygens (including phenoxy) is 2. The van der Waals surface area contributed by atoms with Crippen LogP contribution < -0.4 is 15.2 Å². The van der Waals surface area contributed by atoms with Gasteiger partial charge in [0.05, 0.1) is 18.4 Å². The van der Waals surface area contributed by atoms with E-state index in [0.717, 1.165) is 4.68 Å². The van der Waals surface area contributed by atoms with Gasteiger partial charge in [-0.3, -0.25) is 0 Å². The van der Waals surface area contributed by atoms with E-state index in [1.165, 1.54) is 11.7 Å². The lowest BCUT2D eigenvalue weighted by Crippen LogP contribution is -2.23. The Balaban J connectivity index is 2.00.